The van der Waals surface area contributed by atoms with E-state index in [2.05, 4.69) is 22.3 Å². The Balaban J connectivity index is 1.49. The zero-order valence-corrected chi connectivity index (χ0v) is 17.3. The van der Waals surface area contributed by atoms with Gasteiger partial charge >= 0.3 is 6.09 Å². The summed E-state index contributed by atoms with van der Waals surface area (Å²) >= 11 is 0. The maximum atomic E-state index is 12.6. The maximum absolute atomic E-state index is 12.6. The van der Waals surface area contributed by atoms with Crippen molar-refractivity contribution in [2.75, 3.05) is 18.0 Å². The Morgan fingerprint density at radius 2 is 1.86 bits per heavy atom. The molecule has 0 bridgehead atoms. The summed E-state index contributed by atoms with van der Waals surface area (Å²) in [6.45, 7) is 7.24. The van der Waals surface area contributed by atoms with Crippen LogP contribution in [-0.4, -0.2) is 53.6 Å². The number of carbonyl (C=O) groups excluding carboxylic acids is 3. The van der Waals surface area contributed by atoms with Gasteiger partial charge in [0, 0.05) is 25.2 Å². The number of rotatable bonds is 2. The maximum Gasteiger partial charge on any atom is 0.410 e. The smallest absolute Gasteiger partial charge is 0.410 e. The molecule has 0 spiro atoms. The first-order valence-corrected chi connectivity index (χ1v) is 10.4. The highest BCUT2D eigenvalue weighted by Gasteiger charge is 2.45. The van der Waals surface area contributed by atoms with Crippen LogP contribution in [0, 0.1) is 0 Å². The van der Waals surface area contributed by atoms with Crippen molar-refractivity contribution in [1.82, 2.24) is 10.2 Å². The van der Waals surface area contributed by atoms with Gasteiger partial charge in [-0.15, -0.1) is 0 Å². The number of benzene rings is 1. The van der Waals surface area contributed by atoms with Gasteiger partial charge in [0.25, 0.3) is 0 Å². The van der Waals surface area contributed by atoms with Gasteiger partial charge in [-0.1, -0.05) is 12.1 Å². The topological polar surface area (TPSA) is 79.0 Å². The molecule has 3 fully saturated rings. The molecule has 1 unspecified atom stereocenters. The minimum atomic E-state index is -0.496. The summed E-state index contributed by atoms with van der Waals surface area (Å²) < 4.78 is 5.59. The van der Waals surface area contributed by atoms with E-state index in [1.165, 1.54) is 0 Å². The zero-order chi connectivity index (χ0) is 20.8. The van der Waals surface area contributed by atoms with Crippen molar-refractivity contribution in [2.24, 2.45) is 0 Å². The van der Waals surface area contributed by atoms with E-state index in [9.17, 15) is 14.4 Å². The van der Waals surface area contributed by atoms with Gasteiger partial charge in [-0.3, -0.25) is 14.9 Å². The van der Waals surface area contributed by atoms with Crippen LogP contribution < -0.4 is 10.2 Å². The van der Waals surface area contributed by atoms with Crippen LogP contribution in [0.1, 0.15) is 57.9 Å². The Morgan fingerprint density at radius 3 is 2.59 bits per heavy atom. The zero-order valence-electron chi connectivity index (χ0n) is 17.3. The van der Waals surface area contributed by atoms with E-state index in [4.69, 9.17) is 4.74 Å². The van der Waals surface area contributed by atoms with Crippen LogP contribution in [0.2, 0.25) is 0 Å². The molecule has 0 saturated carbocycles. The highest BCUT2D eigenvalue weighted by molar-refractivity contribution is 6.01. The molecule has 1 N–H and O–H groups in total. The molecule has 156 valence electrons. The largest absolute Gasteiger partial charge is 0.444 e. The molecule has 3 saturated heterocycles. The van der Waals surface area contributed by atoms with E-state index in [-0.39, 0.29) is 35.9 Å². The van der Waals surface area contributed by atoms with Crippen LogP contribution in [0.3, 0.4) is 0 Å². The average Bonchev–Trinajstić information content (AvgIpc) is 3.22. The second-order valence-electron chi connectivity index (χ2n) is 9.18. The molecule has 3 heterocycles. The second kappa shape index (κ2) is 7.35. The molecule has 3 aliphatic heterocycles. The molecule has 1 aromatic carbocycles. The van der Waals surface area contributed by atoms with Crippen LogP contribution in [-0.2, 0) is 14.3 Å². The lowest BCUT2D eigenvalue weighted by Gasteiger charge is -2.29. The molecule has 3 aliphatic rings. The first kappa shape index (κ1) is 19.7. The normalized spacial score (nSPS) is 27.1. The Bertz CT molecular complexity index is 832. The molecule has 29 heavy (non-hydrogen) atoms. The van der Waals surface area contributed by atoms with Gasteiger partial charge in [0.05, 0.1) is 18.0 Å². The van der Waals surface area contributed by atoms with Crippen molar-refractivity contribution in [3.05, 3.63) is 29.8 Å². The lowest BCUT2D eigenvalue weighted by Crippen LogP contribution is -2.42. The molecule has 0 aromatic heterocycles. The number of anilines is 1. The summed E-state index contributed by atoms with van der Waals surface area (Å²) in [5.74, 6) is -0.694. The number of imide groups is 1. The average molecular weight is 399 g/mol. The third-order valence-electron chi connectivity index (χ3n) is 6.05. The molecule has 0 radical (unpaired) electrons. The number of likely N-dealkylation sites (tertiary alicyclic amines) is 1. The second-order valence-corrected chi connectivity index (χ2v) is 9.18. The SMILES string of the molecule is CC(C)(C)OC(=O)N1CC[C@H]2[C@@H]1CCN2c1cccc(C2CCC(=O)NC2=O)c1. The number of carbonyl (C=O) groups is 3. The number of amides is 3. The van der Waals surface area contributed by atoms with Crippen LogP contribution in [0.4, 0.5) is 10.5 Å². The first-order valence-electron chi connectivity index (χ1n) is 10.4. The highest BCUT2D eigenvalue weighted by atomic mass is 16.6. The summed E-state index contributed by atoms with van der Waals surface area (Å²) in [5.41, 5.74) is 1.52. The minimum absolute atomic E-state index is 0.157. The van der Waals surface area contributed by atoms with Crippen molar-refractivity contribution in [2.45, 2.75) is 70.1 Å². The van der Waals surface area contributed by atoms with Crippen molar-refractivity contribution >= 4 is 23.6 Å². The number of hydrogen-bond acceptors (Lipinski definition) is 5. The van der Waals surface area contributed by atoms with Gasteiger partial charge < -0.3 is 14.5 Å². The summed E-state index contributed by atoms with van der Waals surface area (Å²) in [6.07, 6.45) is 2.51. The van der Waals surface area contributed by atoms with Gasteiger partial charge in [-0.25, -0.2) is 4.79 Å². The third-order valence-corrected chi connectivity index (χ3v) is 6.05. The van der Waals surface area contributed by atoms with Crippen molar-refractivity contribution in [1.29, 1.82) is 0 Å². The van der Waals surface area contributed by atoms with Crippen molar-refractivity contribution in [3.63, 3.8) is 0 Å². The molecular weight excluding hydrogens is 370 g/mol. The quantitative estimate of drug-likeness (QED) is 0.774. The van der Waals surface area contributed by atoms with Gasteiger partial charge in [0.15, 0.2) is 0 Å². The van der Waals surface area contributed by atoms with Gasteiger partial charge in [-0.05, 0) is 57.7 Å². The molecule has 3 amide bonds. The van der Waals surface area contributed by atoms with Crippen molar-refractivity contribution in [3.8, 4) is 0 Å². The van der Waals surface area contributed by atoms with Crippen LogP contribution >= 0.6 is 0 Å². The van der Waals surface area contributed by atoms with E-state index in [1.807, 2.05) is 37.8 Å². The Labute approximate surface area is 171 Å². The summed E-state index contributed by atoms with van der Waals surface area (Å²) in [7, 11) is 0. The molecule has 0 aliphatic carbocycles. The highest BCUT2D eigenvalue weighted by Crippen LogP contribution is 2.37. The van der Waals surface area contributed by atoms with Gasteiger partial charge in [0.1, 0.15) is 5.60 Å². The van der Waals surface area contributed by atoms with Crippen LogP contribution in [0.5, 0.6) is 0 Å². The molecule has 7 heteroatoms. The lowest BCUT2D eigenvalue weighted by molar-refractivity contribution is -0.134. The predicted octanol–water partition coefficient (Wildman–Crippen LogP) is 2.79. The molecule has 1 aromatic rings. The fraction of sp³-hybridized carbons (Fsp3) is 0.591. The number of piperidine rings is 1. The fourth-order valence-electron chi connectivity index (χ4n) is 4.79. The fourth-order valence-corrected chi connectivity index (χ4v) is 4.79. The van der Waals surface area contributed by atoms with E-state index in [0.29, 0.717) is 19.4 Å². The monoisotopic (exact) mass is 399 g/mol. The lowest BCUT2D eigenvalue weighted by atomic mass is 9.90. The van der Waals surface area contributed by atoms with E-state index >= 15 is 0 Å². The number of ether oxygens (including phenoxy) is 1. The number of hydrogen-bond donors (Lipinski definition) is 1. The first-order chi connectivity index (χ1) is 13.7. The standard InChI is InChI=1S/C22H29N3O4/c1-22(2,3)29-21(28)25-12-10-17-18(25)9-11-24(17)15-6-4-5-14(13-15)16-7-8-19(26)23-20(16)27/h4-6,13,16-18H,7-12H2,1-3H3,(H,23,26,27)/t16?,17-,18-/m0/s1. The van der Waals surface area contributed by atoms with E-state index in [0.717, 1.165) is 30.6 Å². The Hall–Kier alpha value is -2.57. The third kappa shape index (κ3) is 3.95. The van der Waals surface area contributed by atoms with Gasteiger partial charge in [-0.2, -0.15) is 0 Å². The summed E-state index contributed by atoms with van der Waals surface area (Å²) in [4.78, 5) is 40.5. The van der Waals surface area contributed by atoms with Crippen LogP contribution in [0.25, 0.3) is 0 Å². The number of nitrogens with zero attached hydrogens (tertiary/aromatic N) is 2. The number of fused-ring (bicyclic) bond motifs is 1. The predicted molar refractivity (Wildman–Crippen MR) is 109 cm³/mol. The molecule has 3 atom stereocenters. The van der Waals surface area contributed by atoms with E-state index < -0.39 is 5.60 Å². The Kier molecular flexibility index (Phi) is 5.00. The van der Waals surface area contributed by atoms with E-state index in [1.54, 1.807) is 0 Å². The van der Waals surface area contributed by atoms with Gasteiger partial charge in [0.2, 0.25) is 11.8 Å². The summed E-state index contributed by atoms with van der Waals surface area (Å²) in [5, 5.41) is 2.44. The summed E-state index contributed by atoms with van der Waals surface area (Å²) in [6, 6.07) is 8.48. The minimum Gasteiger partial charge on any atom is -0.444 e. The molecular formula is C22H29N3O4. The van der Waals surface area contributed by atoms with Crippen LogP contribution in [0.15, 0.2) is 24.3 Å². The molecule has 7 nitrogen and oxygen atoms in total. The number of nitrogens with one attached hydrogen (secondary N) is 1. The Morgan fingerprint density at radius 1 is 1.10 bits per heavy atom. The molecule has 4 rings (SSSR count). The van der Waals surface area contributed by atoms with Crippen molar-refractivity contribution < 1.29 is 19.1 Å².